The second-order valence-corrected chi connectivity index (χ2v) is 4.21. The second-order valence-electron chi connectivity index (χ2n) is 4.21. The van der Waals surface area contributed by atoms with Crippen molar-refractivity contribution in [1.82, 2.24) is 0 Å². The van der Waals surface area contributed by atoms with E-state index >= 15 is 0 Å². The highest BCUT2D eigenvalue weighted by Gasteiger charge is 1.94. The predicted octanol–water partition coefficient (Wildman–Crippen LogP) is 4.73. The molecule has 0 saturated heterocycles. The lowest BCUT2D eigenvalue weighted by molar-refractivity contribution is 0.257. The third-order valence-electron chi connectivity index (χ3n) is 2.57. The van der Waals surface area contributed by atoms with Gasteiger partial charge in [-0.3, -0.25) is 0 Å². The fraction of sp³-hybridized carbons (Fsp3) is 0.375. The smallest absolute Gasteiger partial charge is 0.0907 e. The van der Waals surface area contributed by atoms with E-state index < -0.39 is 0 Å². The Morgan fingerprint density at radius 2 is 1.88 bits per heavy atom. The lowest BCUT2D eigenvalue weighted by Crippen LogP contribution is -1.87. The maximum Gasteiger partial charge on any atom is 0.0907 e. The number of hydrogen-bond donors (Lipinski definition) is 0. The van der Waals surface area contributed by atoms with Gasteiger partial charge in [-0.25, -0.2) is 0 Å². The van der Waals surface area contributed by atoms with E-state index in [0.29, 0.717) is 0 Å². The first-order valence-corrected chi connectivity index (χ1v) is 6.24. The van der Waals surface area contributed by atoms with Gasteiger partial charge in [0.25, 0.3) is 0 Å². The summed E-state index contributed by atoms with van der Waals surface area (Å²) in [5.41, 5.74) is 3.68. The number of benzene rings is 1. The van der Waals surface area contributed by atoms with Crippen molar-refractivity contribution in [2.45, 2.75) is 33.6 Å². The van der Waals surface area contributed by atoms with E-state index in [1.54, 1.807) is 0 Å². The summed E-state index contributed by atoms with van der Waals surface area (Å²) in [6, 6.07) is 8.50. The summed E-state index contributed by atoms with van der Waals surface area (Å²) in [6.45, 7) is 7.06. The van der Waals surface area contributed by atoms with Crippen LogP contribution in [0.3, 0.4) is 0 Å². The van der Waals surface area contributed by atoms with Crippen molar-refractivity contribution in [3.05, 3.63) is 53.8 Å². The summed E-state index contributed by atoms with van der Waals surface area (Å²) >= 11 is 0. The van der Waals surface area contributed by atoms with Gasteiger partial charge in [0.2, 0.25) is 0 Å². The normalized spacial score (nSPS) is 12.1. The molecule has 0 fully saturated rings. The molecular weight excluding hydrogens is 208 g/mol. The topological polar surface area (TPSA) is 9.23 Å². The van der Waals surface area contributed by atoms with Crippen LogP contribution in [0.4, 0.5) is 0 Å². The number of aryl methyl sites for hydroxylation is 1. The molecule has 1 aromatic carbocycles. The average molecular weight is 230 g/mol. The SMILES string of the molecule is CC/C=C\CCO/C=C(\C)c1ccc(C)cc1. The molecule has 0 aromatic heterocycles. The largest absolute Gasteiger partial charge is 0.501 e. The monoisotopic (exact) mass is 230 g/mol. The van der Waals surface area contributed by atoms with Crippen molar-refractivity contribution < 1.29 is 4.74 Å². The molecule has 0 bridgehead atoms. The maximum atomic E-state index is 5.51. The van der Waals surface area contributed by atoms with Crippen LogP contribution in [0, 0.1) is 6.92 Å². The molecule has 0 spiro atoms. The van der Waals surface area contributed by atoms with E-state index in [1.165, 1.54) is 16.7 Å². The van der Waals surface area contributed by atoms with Gasteiger partial charge in [-0.1, -0.05) is 48.9 Å². The van der Waals surface area contributed by atoms with Gasteiger partial charge in [-0.15, -0.1) is 0 Å². The minimum absolute atomic E-state index is 0.750. The lowest BCUT2D eigenvalue weighted by Gasteiger charge is -2.03. The lowest BCUT2D eigenvalue weighted by atomic mass is 10.1. The van der Waals surface area contributed by atoms with Crippen LogP contribution in [0.15, 0.2) is 42.7 Å². The van der Waals surface area contributed by atoms with Gasteiger partial charge in [-0.2, -0.15) is 0 Å². The molecule has 0 heterocycles. The van der Waals surface area contributed by atoms with Gasteiger partial charge in [0.15, 0.2) is 0 Å². The maximum absolute atomic E-state index is 5.51. The Morgan fingerprint density at radius 3 is 2.53 bits per heavy atom. The van der Waals surface area contributed by atoms with Crippen molar-refractivity contribution >= 4 is 5.57 Å². The molecule has 0 aliphatic rings. The third kappa shape index (κ3) is 5.39. The fourth-order valence-electron chi connectivity index (χ4n) is 1.49. The Balaban J connectivity index is 2.39. The fourth-order valence-corrected chi connectivity index (χ4v) is 1.49. The van der Waals surface area contributed by atoms with E-state index in [0.717, 1.165) is 19.4 Å². The van der Waals surface area contributed by atoms with Gasteiger partial charge >= 0.3 is 0 Å². The summed E-state index contributed by atoms with van der Waals surface area (Å²) in [5, 5.41) is 0. The van der Waals surface area contributed by atoms with E-state index in [9.17, 15) is 0 Å². The van der Waals surface area contributed by atoms with Crippen LogP contribution in [0.25, 0.3) is 5.57 Å². The first-order valence-electron chi connectivity index (χ1n) is 6.24. The Bertz CT molecular complexity index is 371. The summed E-state index contributed by atoms with van der Waals surface area (Å²) in [6.07, 6.45) is 8.25. The molecule has 0 amide bonds. The van der Waals surface area contributed by atoms with Crippen LogP contribution in [0.2, 0.25) is 0 Å². The predicted molar refractivity (Wildman–Crippen MR) is 74.8 cm³/mol. The van der Waals surface area contributed by atoms with Gasteiger partial charge in [-0.05, 0) is 37.8 Å². The summed E-state index contributed by atoms with van der Waals surface area (Å²) in [7, 11) is 0. The first-order chi connectivity index (χ1) is 8.24. The Morgan fingerprint density at radius 1 is 1.18 bits per heavy atom. The van der Waals surface area contributed by atoms with Gasteiger partial charge in [0.1, 0.15) is 0 Å². The number of rotatable bonds is 6. The first kappa shape index (κ1) is 13.6. The molecule has 0 aliphatic carbocycles. The molecule has 1 aromatic rings. The molecule has 0 saturated carbocycles. The van der Waals surface area contributed by atoms with Gasteiger partial charge in [0, 0.05) is 0 Å². The van der Waals surface area contributed by atoms with Crippen LogP contribution >= 0.6 is 0 Å². The Labute approximate surface area is 105 Å². The molecule has 1 heteroatoms. The standard InChI is InChI=1S/C16H22O/c1-4-5-6-7-12-17-13-15(3)16-10-8-14(2)9-11-16/h5-6,8-11,13H,4,7,12H2,1-3H3/b6-5-,15-13+. The summed E-state index contributed by atoms with van der Waals surface area (Å²) in [4.78, 5) is 0. The van der Waals surface area contributed by atoms with Crippen molar-refractivity contribution in [2.24, 2.45) is 0 Å². The molecule has 0 atom stereocenters. The second kappa shape index (κ2) is 7.72. The number of allylic oxidation sites excluding steroid dienone is 2. The van der Waals surface area contributed by atoms with Crippen LogP contribution in [-0.2, 0) is 4.74 Å². The molecule has 0 radical (unpaired) electrons. The van der Waals surface area contributed by atoms with E-state index in [-0.39, 0.29) is 0 Å². The number of ether oxygens (including phenoxy) is 1. The third-order valence-corrected chi connectivity index (χ3v) is 2.57. The highest BCUT2D eigenvalue weighted by molar-refractivity contribution is 5.62. The molecule has 1 rings (SSSR count). The minimum Gasteiger partial charge on any atom is -0.501 e. The average Bonchev–Trinajstić information content (AvgIpc) is 2.34. The molecule has 17 heavy (non-hydrogen) atoms. The Hall–Kier alpha value is -1.50. The minimum atomic E-state index is 0.750. The Kier molecular flexibility index (Phi) is 6.16. The van der Waals surface area contributed by atoms with Crippen molar-refractivity contribution in [3.8, 4) is 0 Å². The molecular formula is C16H22O. The van der Waals surface area contributed by atoms with E-state index in [4.69, 9.17) is 4.74 Å². The molecule has 0 N–H and O–H groups in total. The zero-order valence-corrected chi connectivity index (χ0v) is 11.1. The van der Waals surface area contributed by atoms with Crippen molar-refractivity contribution in [2.75, 3.05) is 6.61 Å². The highest BCUT2D eigenvalue weighted by Crippen LogP contribution is 2.14. The zero-order chi connectivity index (χ0) is 12.5. The number of hydrogen-bond acceptors (Lipinski definition) is 1. The van der Waals surface area contributed by atoms with Gasteiger partial charge < -0.3 is 4.74 Å². The molecule has 92 valence electrons. The highest BCUT2D eigenvalue weighted by atomic mass is 16.5. The van der Waals surface area contributed by atoms with Crippen LogP contribution in [0.1, 0.15) is 37.8 Å². The van der Waals surface area contributed by atoms with E-state index in [2.05, 4.69) is 57.2 Å². The van der Waals surface area contributed by atoms with Crippen molar-refractivity contribution in [3.63, 3.8) is 0 Å². The van der Waals surface area contributed by atoms with Crippen LogP contribution in [-0.4, -0.2) is 6.61 Å². The van der Waals surface area contributed by atoms with Gasteiger partial charge in [0.05, 0.1) is 12.9 Å². The quantitative estimate of drug-likeness (QED) is 0.390. The van der Waals surface area contributed by atoms with Crippen molar-refractivity contribution in [1.29, 1.82) is 0 Å². The summed E-state index contributed by atoms with van der Waals surface area (Å²) < 4.78 is 5.51. The molecule has 1 nitrogen and oxygen atoms in total. The molecule has 0 aliphatic heterocycles. The van der Waals surface area contributed by atoms with E-state index in [1.807, 2.05) is 6.26 Å². The van der Waals surface area contributed by atoms with Crippen LogP contribution in [0.5, 0.6) is 0 Å². The molecule has 0 unspecified atom stereocenters. The summed E-state index contributed by atoms with van der Waals surface area (Å²) in [5.74, 6) is 0. The van der Waals surface area contributed by atoms with Crippen LogP contribution < -0.4 is 0 Å². The zero-order valence-electron chi connectivity index (χ0n) is 11.1.